The molecule has 0 aliphatic carbocycles. The molecule has 1 aliphatic rings. The first kappa shape index (κ1) is 7.50. The summed E-state index contributed by atoms with van der Waals surface area (Å²) in [4.78, 5) is 10.5. The predicted molar refractivity (Wildman–Crippen MR) is 32.2 cm³/mol. The first-order valence-corrected chi connectivity index (χ1v) is 3.23. The number of carbonyl (C=O) groups excluding carboxylic acids is 1. The zero-order valence-corrected chi connectivity index (χ0v) is 5.49. The Bertz CT molecular complexity index is 134. The highest BCUT2D eigenvalue weighted by Gasteiger charge is 2.31. The van der Waals surface area contributed by atoms with Gasteiger partial charge in [-0.05, 0) is 0 Å². The van der Waals surface area contributed by atoms with Crippen molar-refractivity contribution in [2.75, 3.05) is 6.61 Å². The Hall–Kier alpha value is -0.610. The van der Waals surface area contributed by atoms with E-state index in [0.717, 1.165) is 0 Å². The number of aliphatic hydroxyl groups excluding tert-OH is 2. The van der Waals surface area contributed by atoms with E-state index in [4.69, 9.17) is 10.2 Å². The van der Waals surface area contributed by atoms with Crippen molar-refractivity contribution in [3.63, 3.8) is 0 Å². The zero-order valence-electron chi connectivity index (χ0n) is 5.49. The minimum atomic E-state index is -0.975. The van der Waals surface area contributed by atoms with Crippen molar-refractivity contribution in [1.82, 2.24) is 0 Å². The van der Waals surface area contributed by atoms with Crippen molar-refractivity contribution in [2.45, 2.75) is 25.0 Å². The van der Waals surface area contributed by atoms with Crippen LogP contribution in [0.15, 0.2) is 0 Å². The lowest BCUT2D eigenvalue weighted by Crippen LogP contribution is -2.11. The largest absolute Gasteiger partial charge is 0.460 e. The zero-order chi connectivity index (χ0) is 7.56. The number of ether oxygens (including phenoxy) is 1. The van der Waals surface area contributed by atoms with E-state index in [2.05, 4.69) is 4.74 Å². The quantitative estimate of drug-likeness (QED) is 0.493. The fourth-order valence-electron chi connectivity index (χ4n) is 0.957. The first-order valence-electron chi connectivity index (χ1n) is 3.23. The van der Waals surface area contributed by atoms with Gasteiger partial charge in [-0.1, -0.05) is 0 Å². The molecular formula is C6H10O4. The molecule has 1 rings (SSSR count). The molecule has 1 heterocycles. The van der Waals surface area contributed by atoms with Gasteiger partial charge in [0.2, 0.25) is 0 Å². The van der Waals surface area contributed by atoms with Gasteiger partial charge < -0.3 is 14.9 Å². The lowest BCUT2D eigenvalue weighted by atomic mass is 10.1. The molecule has 10 heavy (non-hydrogen) atoms. The van der Waals surface area contributed by atoms with Crippen LogP contribution in [-0.2, 0) is 9.53 Å². The summed E-state index contributed by atoms with van der Waals surface area (Å²) in [5.74, 6) is -0.571. The molecule has 0 aromatic rings. The highest BCUT2D eigenvalue weighted by molar-refractivity contribution is 5.76. The third-order valence-electron chi connectivity index (χ3n) is 1.49. The molecule has 2 atom stereocenters. The third-order valence-corrected chi connectivity index (χ3v) is 1.49. The molecule has 0 bridgehead atoms. The SMILES string of the molecule is O=C1O[C@H](CCO)CC1O. The van der Waals surface area contributed by atoms with Crippen LogP contribution in [0.1, 0.15) is 12.8 Å². The average molecular weight is 146 g/mol. The van der Waals surface area contributed by atoms with E-state index in [0.29, 0.717) is 12.8 Å². The minimum Gasteiger partial charge on any atom is -0.460 e. The van der Waals surface area contributed by atoms with Crippen LogP contribution in [0, 0.1) is 0 Å². The van der Waals surface area contributed by atoms with Crippen LogP contribution in [0.5, 0.6) is 0 Å². The van der Waals surface area contributed by atoms with Crippen molar-refractivity contribution < 1.29 is 19.7 Å². The van der Waals surface area contributed by atoms with Crippen molar-refractivity contribution in [3.05, 3.63) is 0 Å². The maximum Gasteiger partial charge on any atom is 0.335 e. The summed E-state index contributed by atoms with van der Waals surface area (Å²) in [7, 11) is 0. The Labute approximate surface area is 58.4 Å². The molecule has 0 aromatic heterocycles. The maximum absolute atomic E-state index is 10.5. The van der Waals surface area contributed by atoms with Gasteiger partial charge in [-0.25, -0.2) is 4.79 Å². The Kier molecular flexibility index (Phi) is 2.24. The van der Waals surface area contributed by atoms with E-state index < -0.39 is 12.1 Å². The van der Waals surface area contributed by atoms with E-state index in [9.17, 15) is 4.79 Å². The normalized spacial score (nSPS) is 32.4. The minimum absolute atomic E-state index is 0.00926. The molecule has 0 radical (unpaired) electrons. The molecule has 4 nitrogen and oxygen atoms in total. The monoisotopic (exact) mass is 146 g/mol. The van der Waals surface area contributed by atoms with E-state index in [-0.39, 0.29) is 12.7 Å². The molecular weight excluding hydrogens is 136 g/mol. The Balaban J connectivity index is 2.34. The lowest BCUT2D eigenvalue weighted by molar-refractivity contribution is -0.147. The molecule has 58 valence electrons. The highest BCUT2D eigenvalue weighted by atomic mass is 16.6. The molecule has 1 unspecified atom stereocenters. The van der Waals surface area contributed by atoms with E-state index in [1.54, 1.807) is 0 Å². The first-order chi connectivity index (χ1) is 4.74. The summed E-state index contributed by atoms with van der Waals surface area (Å²) in [6, 6.07) is 0. The molecule has 1 fully saturated rings. The van der Waals surface area contributed by atoms with Gasteiger partial charge in [0.25, 0.3) is 0 Å². The standard InChI is InChI=1S/C6H10O4/c7-2-1-4-3-5(8)6(9)10-4/h4-5,7-8H,1-3H2/t4-,5?/m1/s1. The van der Waals surface area contributed by atoms with E-state index in [1.165, 1.54) is 0 Å². The van der Waals surface area contributed by atoms with Crippen molar-refractivity contribution in [1.29, 1.82) is 0 Å². The summed E-state index contributed by atoms with van der Waals surface area (Å²) in [5.41, 5.74) is 0. The number of rotatable bonds is 2. The fourth-order valence-corrected chi connectivity index (χ4v) is 0.957. The highest BCUT2D eigenvalue weighted by Crippen LogP contribution is 2.16. The van der Waals surface area contributed by atoms with Gasteiger partial charge >= 0.3 is 5.97 Å². The number of esters is 1. The van der Waals surface area contributed by atoms with Gasteiger partial charge in [-0.15, -0.1) is 0 Å². The van der Waals surface area contributed by atoms with Crippen LogP contribution in [0.4, 0.5) is 0 Å². The lowest BCUT2D eigenvalue weighted by Gasteiger charge is -2.03. The summed E-state index contributed by atoms with van der Waals surface area (Å²) in [6.45, 7) is -0.00926. The van der Waals surface area contributed by atoms with Gasteiger partial charge in [-0.3, -0.25) is 0 Å². The van der Waals surface area contributed by atoms with Gasteiger partial charge in [0.1, 0.15) is 6.10 Å². The summed E-state index contributed by atoms with van der Waals surface area (Å²) in [6.07, 6.45) is -0.522. The second kappa shape index (κ2) is 2.98. The summed E-state index contributed by atoms with van der Waals surface area (Å²) < 4.78 is 4.67. The van der Waals surface area contributed by atoms with Crippen LogP contribution in [-0.4, -0.2) is 35.0 Å². The molecule has 2 N–H and O–H groups in total. The van der Waals surface area contributed by atoms with Crippen molar-refractivity contribution in [3.8, 4) is 0 Å². The van der Waals surface area contributed by atoms with E-state index in [1.807, 2.05) is 0 Å². The maximum atomic E-state index is 10.5. The van der Waals surface area contributed by atoms with Crippen molar-refractivity contribution >= 4 is 5.97 Å². The molecule has 4 heteroatoms. The second-order valence-corrected chi connectivity index (χ2v) is 2.32. The molecule has 0 amide bonds. The van der Waals surface area contributed by atoms with Crippen LogP contribution < -0.4 is 0 Å². The second-order valence-electron chi connectivity index (χ2n) is 2.32. The topological polar surface area (TPSA) is 66.8 Å². The Morgan fingerprint density at radius 3 is 2.80 bits per heavy atom. The number of hydrogen-bond acceptors (Lipinski definition) is 4. The van der Waals surface area contributed by atoms with Crippen molar-refractivity contribution in [2.24, 2.45) is 0 Å². The van der Waals surface area contributed by atoms with E-state index >= 15 is 0 Å². The smallest absolute Gasteiger partial charge is 0.335 e. The molecule has 1 saturated heterocycles. The molecule has 0 spiro atoms. The van der Waals surface area contributed by atoms with Gasteiger partial charge in [0.15, 0.2) is 6.10 Å². The molecule has 0 saturated carbocycles. The average Bonchev–Trinajstić information content (AvgIpc) is 2.14. The van der Waals surface area contributed by atoms with Gasteiger partial charge in [-0.2, -0.15) is 0 Å². The Morgan fingerprint density at radius 2 is 2.40 bits per heavy atom. The number of carbonyl (C=O) groups is 1. The molecule has 0 aromatic carbocycles. The summed E-state index contributed by atoms with van der Waals surface area (Å²) in [5, 5.41) is 17.3. The van der Waals surface area contributed by atoms with Crippen LogP contribution in [0.2, 0.25) is 0 Å². The Morgan fingerprint density at radius 1 is 1.70 bits per heavy atom. The van der Waals surface area contributed by atoms with Crippen LogP contribution in [0.25, 0.3) is 0 Å². The number of cyclic esters (lactones) is 1. The summed E-state index contributed by atoms with van der Waals surface area (Å²) >= 11 is 0. The van der Waals surface area contributed by atoms with Crippen LogP contribution >= 0.6 is 0 Å². The van der Waals surface area contributed by atoms with Crippen LogP contribution in [0.3, 0.4) is 0 Å². The number of aliphatic hydroxyl groups is 2. The third kappa shape index (κ3) is 1.46. The number of hydrogen-bond donors (Lipinski definition) is 2. The fraction of sp³-hybridized carbons (Fsp3) is 0.833. The van der Waals surface area contributed by atoms with Gasteiger partial charge in [0.05, 0.1) is 0 Å². The molecule has 1 aliphatic heterocycles. The predicted octanol–water partition coefficient (Wildman–Crippen LogP) is -0.955. The van der Waals surface area contributed by atoms with Gasteiger partial charge in [0, 0.05) is 19.4 Å².